The number of carbonyl (C=O) groups is 1. The van der Waals surface area contributed by atoms with Crippen molar-refractivity contribution in [3.8, 4) is 5.75 Å². The van der Waals surface area contributed by atoms with Crippen LogP contribution in [0.15, 0.2) is 24.3 Å². The summed E-state index contributed by atoms with van der Waals surface area (Å²) in [6.45, 7) is 2.28. The van der Waals surface area contributed by atoms with Gasteiger partial charge in [-0.15, -0.1) is 0 Å². The first-order valence-corrected chi connectivity index (χ1v) is 10.3. The van der Waals surface area contributed by atoms with E-state index < -0.39 is 11.7 Å². The summed E-state index contributed by atoms with van der Waals surface area (Å²) in [5.41, 5.74) is -0.736. The maximum atomic E-state index is 12.6. The second-order valence-corrected chi connectivity index (χ2v) is 8.24. The number of carbonyl (C=O) groups excluding carboxylic acids is 1. The number of alkyl halides is 3. The molecule has 0 aromatic heterocycles. The fourth-order valence-electron chi connectivity index (χ4n) is 4.81. The second kappa shape index (κ2) is 8.66. The molecule has 3 rings (SSSR count). The van der Waals surface area contributed by atoms with Gasteiger partial charge in [-0.3, -0.25) is 4.79 Å². The molecule has 1 aromatic carbocycles. The maximum Gasteiger partial charge on any atom is 0.416 e. The van der Waals surface area contributed by atoms with E-state index in [1.807, 2.05) is 0 Å². The Morgan fingerprint density at radius 3 is 1.93 bits per heavy atom. The zero-order valence-electron chi connectivity index (χ0n) is 15.9. The summed E-state index contributed by atoms with van der Waals surface area (Å²) in [4.78, 5) is 12.4. The van der Waals surface area contributed by atoms with Gasteiger partial charge in [0.1, 0.15) is 5.75 Å². The molecule has 2 fully saturated rings. The molecule has 0 heterocycles. The van der Waals surface area contributed by atoms with Crippen LogP contribution in [0, 0.1) is 23.7 Å². The van der Waals surface area contributed by atoms with Crippen LogP contribution >= 0.6 is 0 Å². The lowest BCUT2D eigenvalue weighted by molar-refractivity contribution is -0.140. The van der Waals surface area contributed by atoms with E-state index in [1.165, 1.54) is 44.2 Å². The molecule has 1 aromatic rings. The lowest BCUT2D eigenvalue weighted by Gasteiger charge is -2.37. The monoisotopic (exact) mass is 382 g/mol. The van der Waals surface area contributed by atoms with Gasteiger partial charge >= 0.3 is 12.1 Å². The largest absolute Gasteiger partial charge is 0.426 e. The Balaban J connectivity index is 1.46. The molecule has 5 heteroatoms. The van der Waals surface area contributed by atoms with E-state index in [9.17, 15) is 18.0 Å². The van der Waals surface area contributed by atoms with Gasteiger partial charge in [0.25, 0.3) is 0 Å². The van der Waals surface area contributed by atoms with Gasteiger partial charge < -0.3 is 4.74 Å². The Hall–Kier alpha value is -1.52. The molecule has 0 N–H and O–H groups in total. The normalized spacial score (nSPS) is 29.3. The Bertz CT molecular complexity index is 607. The SMILES string of the molecule is CCC1CCC(C2CCC(C(=O)Oc3ccc(C(F)(F)F)cc3)CC2)CC1. The van der Waals surface area contributed by atoms with Gasteiger partial charge in [0.15, 0.2) is 0 Å². The third kappa shape index (κ3) is 5.26. The Morgan fingerprint density at radius 2 is 1.44 bits per heavy atom. The summed E-state index contributed by atoms with van der Waals surface area (Å²) in [5, 5.41) is 0. The van der Waals surface area contributed by atoms with Crippen molar-refractivity contribution in [1.82, 2.24) is 0 Å². The topological polar surface area (TPSA) is 26.3 Å². The Morgan fingerprint density at radius 1 is 0.926 bits per heavy atom. The molecule has 27 heavy (non-hydrogen) atoms. The zero-order chi connectivity index (χ0) is 19.4. The van der Waals surface area contributed by atoms with Crippen molar-refractivity contribution in [1.29, 1.82) is 0 Å². The summed E-state index contributed by atoms with van der Waals surface area (Å²) in [5.74, 6) is 2.18. The summed E-state index contributed by atoms with van der Waals surface area (Å²) in [6, 6.07) is 4.34. The van der Waals surface area contributed by atoms with E-state index in [-0.39, 0.29) is 17.6 Å². The van der Waals surface area contributed by atoms with Crippen molar-refractivity contribution in [3.05, 3.63) is 29.8 Å². The lowest BCUT2D eigenvalue weighted by Crippen LogP contribution is -2.30. The highest BCUT2D eigenvalue weighted by molar-refractivity contribution is 5.75. The van der Waals surface area contributed by atoms with Crippen molar-refractivity contribution in [3.63, 3.8) is 0 Å². The number of hydrogen-bond donors (Lipinski definition) is 0. The first kappa shape index (κ1) is 20.2. The molecule has 0 atom stereocenters. The molecule has 150 valence electrons. The molecule has 2 saturated carbocycles. The third-order valence-electron chi connectivity index (χ3n) is 6.64. The number of rotatable bonds is 4. The molecule has 0 radical (unpaired) electrons. The van der Waals surface area contributed by atoms with E-state index in [4.69, 9.17) is 4.74 Å². The number of benzene rings is 1. The summed E-state index contributed by atoms with van der Waals surface area (Å²) < 4.78 is 43.1. The number of hydrogen-bond acceptors (Lipinski definition) is 2. The van der Waals surface area contributed by atoms with E-state index in [1.54, 1.807) is 0 Å². The van der Waals surface area contributed by atoms with Crippen LogP contribution in [-0.4, -0.2) is 5.97 Å². The summed E-state index contributed by atoms with van der Waals surface area (Å²) in [6.07, 6.45) is 6.03. The summed E-state index contributed by atoms with van der Waals surface area (Å²) in [7, 11) is 0. The van der Waals surface area contributed by atoms with Gasteiger partial charge in [-0.1, -0.05) is 26.2 Å². The van der Waals surface area contributed by atoms with Crippen LogP contribution in [-0.2, 0) is 11.0 Å². The van der Waals surface area contributed by atoms with Gasteiger partial charge in [-0.25, -0.2) is 0 Å². The number of ether oxygens (including phenoxy) is 1. The third-order valence-corrected chi connectivity index (χ3v) is 6.64. The van der Waals surface area contributed by atoms with Crippen molar-refractivity contribution in [2.24, 2.45) is 23.7 Å². The molecule has 0 bridgehead atoms. The average Bonchev–Trinajstić information content (AvgIpc) is 2.68. The van der Waals surface area contributed by atoms with Gasteiger partial charge in [-0.2, -0.15) is 13.2 Å². The van der Waals surface area contributed by atoms with Crippen molar-refractivity contribution in [2.75, 3.05) is 0 Å². The minimum Gasteiger partial charge on any atom is -0.426 e. The van der Waals surface area contributed by atoms with Crippen LogP contribution in [0.1, 0.15) is 70.3 Å². The van der Waals surface area contributed by atoms with Gasteiger partial charge in [0.2, 0.25) is 0 Å². The predicted octanol–water partition coefficient (Wildman–Crippen LogP) is 6.63. The Labute approximate surface area is 159 Å². The second-order valence-electron chi connectivity index (χ2n) is 8.24. The molecule has 0 aliphatic heterocycles. The van der Waals surface area contributed by atoms with E-state index >= 15 is 0 Å². The Kier molecular flexibility index (Phi) is 6.48. The standard InChI is InChI=1S/C22H29F3O2/c1-2-15-3-5-16(6-4-15)17-7-9-18(10-8-17)21(26)27-20-13-11-19(12-14-20)22(23,24)25/h11-18H,2-10H2,1H3. The average molecular weight is 382 g/mol. The highest BCUT2D eigenvalue weighted by Gasteiger charge is 2.34. The first-order valence-electron chi connectivity index (χ1n) is 10.3. The quantitative estimate of drug-likeness (QED) is 0.431. The molecule has 2 nitrogen and oxygen atoms in total. The molecule has 0 spiro atoms. The predicted molar refractivity (Wildman–Crippen MR) is 98.3 cm³/mol. The van der Waals surface area contributed by atoms with E-state index in [0.717, 1.165) is 55.6 Å². The fourth-order valence-corrected chi connectivity index (χ4v) is 4.81. The van der Waals surface area contributed by atoms with Crippen molar-refractivity contribution < 1.29 is 22.7 Å². The minimum atomic E-state index is -4.38. The molecule has 0 saturated heterocycles. The van der Waals surface area contributed by atoms with Crippen molar-refractivity contribution >= 4 is 5.97 Å². The zero-order valence-corrected chi connectivity index (χ0v) is 15.9. The highest BCUT2D eigenvalue weighted by atomic mass is 19.4. The van der Waals surface area contributed by atoms with Gasteiger partial charge in [0, 0.05) is 0 Å². The number of esters is 1. The fraction of sp³-hybridized carbons (Fsp3) is 0.682. The highest BCUT2D eigenvalue weighted by Crippen LogP contribution is 2.42. The molecule has 2 aliphatic rings. The first-order chi connectivity index (χ1) is 12.9. The molecule has 0 unspecified atom stereocenters. The molecular formula is C22H29F3O2. The van der Waals surface area contributed by atoms with Crippen LogP contribution in [0.4, 0.5) is 13.2 Å². The summed E-state index contributed by atoms with van der Waals surface area (Å²) >= 11 is 0. The lowest BCUT2D eigenvalue weighted by atomic mass is 9.69. The van der Waals surface area contributed by atoms with Crippen LogP contribution in [0.5, 0.6) is 5.75 Å². The van der Waals surface area contributed by atoms with Gasteiger partial charge in [-0.05, 0) is 80.5 Å². The van der Waals surface area contributed by atoms with Crippen LogP contribution in [0.25, 0.3) is 0 Å². The smallest absolute Gasteiger partial charge is 0.416 e. The molecular weight excluding hydrogens is 353 g/mol. The minimum absolute atomic E-state index is 0.129. The van der Waals surface area contributed by atoms with Crippen LogP contribution in [0.2, 0.25) is 0 Å². The maximum absolute atomic E-state index is 12.6. The molecule has 2 aliphatic carbocycles. The van der Waals surface area contributed by atoms with Crippen LogP contribution in [0.3, 0.4) is 0 Å². The van der Waals surface area contributed by atoms with Gasteiger partial charge in [0.05, 0.1) is 11.5 Å². The number of halogens is 3. The van der Waals surface area contributed by atoms with Crippen molar-refractivity contribution in [2.45, 2.75) is 70.9 Å². The molecule has 0 amide bonds. The van der Waals surface area contributed by atoms with E-state index in [0.29, 0.717) is 0 Å². The van der Waals surface area contributed by atoms with Crippen LogP contribution < -0.4 is 4.74 Å². The van der Waals surface area contributed by atoms with E-state index in [2.05, 4.69) is 6.92 Å².